The first-order valence-electron chi connectivity index (χ1n) is 8.43. The van der Waals surface area contributed by atoms with Crippen molar-refractivity contribution in [3.63, 3.8) is 0 Å². The smallest absolute Gasteiger partial charge is 0.248 e. The molecule has 1 aromatic heterocycles. The predicted molar refractivity (Wildman–Crippen MR) is 85.3 cm³/mol. The van der Waals surface area contributed by atoms with Gasteiger partial charge in [0, 0.05) is 24.5 Å². The van der Waals surface area contributed by atoms with Crippen molar-refractivity contribution in [2.24, 2.45) is 5.73 Å². The van der Waals surface area contributed by atoms with Crippen molar-refractivity contribution in [1.29, 1.82) is 0 Å². The summed E-state index contributed by atoms with van der Waals surface area (Å²) in [6.07, 6.45) is 10.8. The van der Waals surface area contributed by atoms with Crippen LogP contribution in [0.5, 0.6) is 0 Å². The van der Waals surface area contributed by atoms with Gasteiger partial charge in [0.2, 0.25) is 5.91 Å². The molecule has 1 saturated heterocycles. The zero-order valence-corrected chi connectivity index (χ0v) is 13.2. The van der Waals surface area contributed by atoms with Gasteiger partial charge in [0.15, 0.2) is 0 Å². The second-order valence-corrected chi connectivity index (χ2v) is 6.84. The summed E-state index contributed by atoms with van der Waals surface area (Å²) in [5.41, 5.74) is 5.65. The first-order valence-corrected chi connectivity index (χ1v) is 8.43. The fourth-order valence-electron chi connectivity index (χ4n) is 3.78. The first kappa shape index (κ1) is 15.5. The third-order valence-corrected chi connectivity index (χ3v) is 5.25. The number of hydrogen-bond donors (Lipinski definition) is 3. The van der Waals surface area contributed by atoms with E-state index in [1.54, 1.807) is 6.20 Å². The molecule has 0 aromatic carbocycles. The van der Waals surface area contributed by atoms with Crippen LogP contribution in [-0.2, 0) is 10.3 Å². The van der Waals surface area contributed by atoms with Crippen molar-refractivity contribution >= 4 is 5.91 Å². The SMILES string of the molecule is NC1(CNC(=O)C2(n3cccn3)CCNCC2)CCCCC1. The van der Waals surface area contributed by atoms with E-state index in [4.69, 9.17) is 5.73 Å². The highest BCUT2D eigenvalue weighted by Crippen LogP contribution is 2.29. The molecule has 0 atom stereocenters. The molecule has 22 heavy (non-hydrogen) atoms. The molecule has 1 aromatic rings. The van der Waals surface area contributed by atoms with Crippen LogP contribution in [-0.4, -0.2) is 40.9 Å². The number of carbonyl (C=O) groups excluding carboxylic acids is 1. The highest BCUT2D eigenvalue weighted by molar-refractivity contribution is 5.84. The molecule has 1 aliphatic carbocycles. The fourth-order valence-corrected chi connectivity index (χ4v) is 3.78. The van der Waals surface area contributed by atoms with Gasteiger partial charge in [0.1, 0.15) is 5.54 Å². The summed E-state index contributed by atoms with van der Waals surface area (Å²) in [5.74, 6) is 0.0631. The molecule has 0 radical (unpaired) electrons. The van der Waals surface area contributed by atoms with Crippen LogP contribution in [0.4, 0.5) is 0 Å². The highest BCUT2D eigenvalue weighted by atomic mass is 16.2. The zero-order valence-electron chi connectivity index (χ0n) is 13.2. The van der Waals surface area contributed by atoms with Crippen molar-refractivity contribution in [3.05, 3.63) is 18.5 Å². The number of hydrogen-bond acceptors (Lipinski definition) is 4. The Labute approximate surface area is 131 Å². The quantitative estimate of drug-likeness (QED) is 0.766. The maximum Gasteiger partial charge on any atom is 0.248 e. The van der Waals surface area contributed by atoms with E-state index < -0.39 is 5.54 Å². The van der Waals surface area contributed by atoms with E-state index in [9.17, 15) is 4.79 Å². The predicted octanol–water partition coefficient (Wildman–Crippen LogP) is 0.740. The van der Waals surface area contributed by atoms with Crippen LogP contribution < -0.4 is 16.4 Å². The zero-order chi connectivity index (χ0) is 15.5. The Hall–Kier alpha value is -1.40. The molecule has 1 amide bonds. The van der Waals surface area contributed by atoms with Gasteiger partial charge in [-0.3, -0.25) is 9.48 Å². The normalized spacial score (nSPS) is 23.9. The van der Waals surface area contributed by atoms with Crippen LogP contribution in [0.1, 0.15) is 44.9 Å². The van der Waals surface area contributed by atoms with Crippen molar-refractivity contribution in [1.82, 2.24) is 20.4 Å². The largest absolute Gasteiger partial charge is 0.352 e. The molecule has 2 aliphatic rings. The van der Waals surface area contributed by atoms with Gasteiger partial charge in [-0.1, -0.05) is 19.3 Å². The minimum Gasteiger partial charge on any atom is -0.352 e. The van der Waals surface area contributed by atoms with Gasteiger partial charge in [0.25, 0.3) is 0 Å². The van der Waals surface area contributed by atoms with E-state index >= 15 is 0 Å². The molecule has 2 fully saturated rings. The summed E-state index contributed by atoms with van der Waals surface area (Å²) >= 11 is 0. The maximum atomic E-state index is 12.9. The highest BCUT2D eigenvalue weighted by Gasteiger charge is 2.42. The fraction of sp³-hybridized carbons (Fsp3) is 0.750. The molecule has 4 N–H and O–H groups in total. The number of aromatic nitrogens is 2. The van der Waals surface area contributed by atoms with Crippen molar-refractivity contribution in [3.8, 4) is 0 Å². The van der Waals surface area contributed by atoms with Crippen LogP contribution in [0.3, 0.4) is 0 Å². The van der Waals surface area contributed by atoms with E-state index in [1.807, 2.05) is 16.9 Å². The Morgan fingerprint density at radius 3 is 2.59 bits per heavy atom. The Balaban J connectivity index is 1.70. The molecule has 2 heterocycles. The number of nitrogens with one attached hydrogen (secondary N) is 2. The lowest BCUT2D eigenvalue weighted by molar-refractivity contribution is -0.132. The van der Waals surface area contributed by atoms with Crippen LogP contribution in [0.15, 0.2) is 18.5 Å². The molecule has 122 valence electrons. The molecular weight excluding hydrogens is 278 g/mol. The molecule has 1 aliphatic heterocycles. The standard InChI is InChI=1S/C16H27N5O/c17-15(5-2-1-3-6-15)13-19-14(22)16(7-10-18-11-8-16)21-12-4-9-20-21/h4,9,12,18H,1-3,5-8,10-11,13,17H2,(H,19,22). The van der Waals surface area contributed by atoms with Crippen LogP contribution >= 0.6 is 0 Å². The summed E-state index contributed by atoms with van der Waals surface area (Å²) in [5, 5.41) is 10.8. The van der Waals surface area contributed by atoms with Crippen LogP contribution in [0, 0.1) is 0 Å². The molecule has 1 saturated carbocycles. The average molecular weight is 305 g/mol. The molecule has 6 nitrogen and oxygen atoms in total. The number of amides is 1. The number of nitrogens with zero attached hydrogens (tertiary/aromatic N) is 2. The van der Waals surface area contributed by atoms with Gasteiger partial charge in [-0.25, -0.2) is 0 Å². The van der Waals surface area contributed by atoms with E-state index in [0.29, 0.717) is 6.54 Å². The van der Waals surface area contributed by atoms with Crippen LogP contribution in [0.25, 0.3) is 0 Å². The second-order valence-electron chi connectivity index (χ2n) is 6.84. The Kier molecular flexibility index (Phi) is 4.49. The van der Waals surface area contributed by atoms with Gasteiger partial charge in [-0.15, -0.1) is 0 Å². The van der Waals surface area contributed by atoms with Gasteiger partial charge in [-0.05, 0) is 44.8 Å². The Morgan fingerprint density at radius 2 is 1.95 bits per heavy atom. The number of carbonyl (C=O) groups is 1. The first-order chi connectivity index (χ1) is 10.6. The summed E-state index contributed by atoms with van der Waals surface area (Å²) in [4.78, 5) is 12.9. The minimum atomic E-state index is -0.570. The molecular formula is C16H27N5O. The van der Waals surface area contributed by atoms with Crippen LogP contribution in [0.2, 0.25) is 0 Å². The third kappa shape index (κ3) is 3.03. The minimum absolute atomic E-state index is 0.0631. The van der Waals surface area contributed by atoms with Gasteiger partial charge >= 0.3 is 0 Å². The molecule has 0 unspecified atom stereocenters. The van der Waals surface area contributed by atoms with E-state index in [1.165, 1.54) is 19.3 Å². The van der Waals surface area contributed by atoms with Gasteiger partial charge in [0.05, 0.1) is 0 Å². The Bertz CT molecular complexity index is 487. The monoisotopic (exact) mass is 305 g/mol. The average Bonchev–Trinajstić information content (AvgIpc) is 3.09. The van der Waals surface area contributed by atoms with E-state index in [0.717, 1.165) is 38.8 Å². The third-order valence-electron chi connectivity index (χ3n) is 5.25. The summed E-state index contributed by atoms with van der Waals surface area (Å²) in [6.45, 7) is 2.24. The summed E-state index contributed by atoms with van der Waals surface area (Å²) < 4.78 is 1.83. The molecule has 3 rings (SSSR count). The lowest BCUT2D eigenvalue weighted by Gasteiger charge is -2.39. The van der Waals surface area contributed by atoms with Gasteiger partial charge in [-0.2, -0.15) is 5.10 Å². The van der Waals surface area contributed by atoms with E-state index in [-0.39, 0.29) is 11.4 Å². The summed E-state index contributed by atoms with van der Waals surface area (Å²) in [6, 6.07) is 1.88. The summed E-state index contributed by atoms with van der Waals surface area (Å²) in [7, 11) is 0. The molecule has 0 spiro atoms. The number of nitrogens with two attached hydrogens (primary N) is 1. The van der Waals surface area contributed by atoms with Gasteiger partial charge < -0.3 is 16.4 Å². The lowest BCUT2D eigenvalue weighted by Crippen LogP contribution is -2.58. The van der Waals surface area contributed by atoms with Crippen molar-refractivity contribution < 1.29 is 4.79 Å². The topological polar surface area (TPSA) is 85.0 Å². The molecule has 0 bridgehead atoms. The number of rotatable bonds is 4. The number of piperidine rings is 1. The maximum absolute atomic E-state index is 12.9. The van der Waals surface area contributed by atoms with Crippen molar-refractivity contribution in [2.75, 3.05) is 19.6 Å². The Morgan fingerprint density at radius 1 is 1.23 bits per heavy atom. The lowest BCUT2D eigenvalue weighted by atomic mass is 9.82. The van der Waals surface area contributed by atoms with E-state index in [2.05, 4.69) is 15.7 Å². The van der Waals surface area contributed by atoms with Crippen molar-refractivity contribution in [2.45, 2.75) is 56.0 Å². The second kappa shape index (κ2) is 6.38. The molecule has 6 heteroatoms.